The van der Waals surface area contributed by atoms with Gasteiger partial charge in [0.05, 0.1) is 0 Å². The molecule has 1 aliphatic carbocycles. The fourth-order valence-corrected chi connectivity index (χ4v) is 4.45. The van der Waals surface area contributed by atoms with E-state index in [4.69, 9.17) is 16.6 Å². The summed E-state index contributed by atoms with van der Waals surface area (Å²) < 4.78 is 5.32. The molecule has 0 bridgehead atoms. The average molecular weight is 357 g/mol. The smallest absolute Gasteiger partial charge is 0.284 e. The molecule has 1 amide bonds. The molecule has 0 radical (unpaired) electrons. The van der Waals surface area contributed by atoms with Crippen LogP contribution in [-0.4, -0.2) is 33.6 Å². The molecule has 2 aromatic rings. The Morgan fingerprint density at radius 3 is 2.56 bits per heavy atom. The van der Waals surface area contributed by atoms with Crippen molar-refractivity contribution in [2.75, 3.05) is 6.54 Å². The van der Waals surface area contributed by atoms with E-state index in [0.717, 1.165) is 30.5 Å². The molecule has 0 unspecified atom stereocenters. The molecule has 1 aromatic heterocycles. The number of amides is 1. The van der Waals surface area contributed by atoms with Gasteiger partial charge in [0.1, 0.15) is 0 Å². The summed E-state index contributed by atoms with van der Waals surface area (Å²) in [4.78, 5) is 15.4. The number of hydrogen-bond acceptors (Lipinski definition) is 4. The van der Waals surface area contributed by atoms with Gasteiger partial charge in [0.2, 0.25) is 5.89 Å². The third-order valence-electron chi connectivity index (χ3n) is 5.57. The number of aromatic amines is 1. The minimum absolute atomic E-state index is 0.155. The fourth-order valence-electron chi connectivity index (χ4n) is 4.33. The van der Waals surface area contributed by atoms with E-state index in [0.29, 0.717) is 17.9 Å². The molecule has 1 atom stereocenters. The van der Waals surface area contributed by atoms with Gasteiger partial charge in [-0.1, -0.05) is 19.3 Å². The summed E-state index contributed by atoms with van der Waals surface area (Å²) in [6, 6.07) is 7.89. The lowest BCUT2D eigenvalue weighted by molar-refractivity contribution is 0.0661. The molecular formula is C19H23N3O2S. The van der Waals surface area contributed by atoms with Crippen LogP contribution >= 0.6 is 12.2 Å². The number of hydrogen-bond donors (Lipinski definition) is 1. The molecule has 2 heterocycles. The summed E-state index contributed by atoms with van der Waals surface area (Å²) in [5.41, 5.74) is 1.55. The lowest BCUT2D eigenvalue weighted by Crippen LogP contribution is -2.40. The number of nitrogens with one attached hydrogen (secondary N) is 1. The molecule has 132 valence electrons. The zero-order valence-corrected chi connectivity index (χ0v) is 15.1. The second kappa shape index (κ2) is 7.12. The molecule has 1 aromatic carbocycles. The zero-order chi connectivity index (χ0) is 17.2. The number of likely N-dealkylation sites (tertiary alicyclic amines) is 1. The van der Waals surface area contributed by atoms with Crippen LogP contribution in [-0.2, 0) is 0 Å². The van der Waals surface area contributed by atoms with Crippen LogP contribution in [0.3, 0.4) is 0 Å². The molecule has 1 saturated heterocycles. The quantitative estimate of drug-likeness (QED) is 0.817. The van der Waals surface area contributed by atoms with E-state index in [2.05, 4.69) is 15.1 Å². The molecule has 2 fully saturated rings. The van der Waals surface area contributed by atoms with Gasteiger partial charge in [-0.25, -0.2) is 5.10 Å². The van der Waals surface area contributed by atoms with Crippen LogP contribution in [0, 0.1) is 10.8 Å². The molecule has 6 heteroatoms. The van der Waals surface area contributed by atoms with Crippen molar-refractivity contribution in [3.05, 3.63) is 34.7 Å². The van der Waals surface area contributed by atoms with Crippen LogP contribution in [0.25, 0.3) is 11.5 Å². The number of H-pyrrole nitrogens is 1. The molecule has 1 N–H and O–H groups in total. The van der Waals surface area contributed by atoms with E-state index in [-0.39, 0.29) is 10.7 Å². The maximum absolute atomic E-state index is 13.0. The summed E-state index contributed by atoms with van der Waals surface area (Å²) in [6.45, 7) is 0.885. The van der Waals surface area contributed by atoms with Crippen molar-refractivity contribution in [2.45, 2.75) is 51.0 Å². The molecular weight excluding hydrogens is 334 g/mol. The van der Waals surface area contributed by atoms with Crippen LogP contribution in [0.5, 0.6) is 0 Å². The van der Waals surface area contributed by atoms with Crippen molar-refractivity contribution >= 4 is 18.1 Å². The van der Waals surface area contributed by atoms with E-state index in [1.165, 1.54) is 32.1 Å². The highest BCUT2D eigenvalue weighted by molar-refractivity contribution is 7.71. The number of aromatic nitrogens is 2. The highest BCUT2D eigenvalue weighted by Gasteiger charge is 2.35. The van der Waals surface area contributed by atoms with Crippen LogP contribution in [0.15, 0.2) is 28.7 Å². The first kappa shape index (κ1) is 16.5. The second-order valence-electron chi connectivity index (χ2n) is 7.10. The molecule has 2 aliphatic rings. The van der Waals surface area contributed by atoms with Gasteiger partial charge in [-0.2, -0.15) is 0 Å². The number of benzene rings is 1. The summed E-state index contributed by atoms with van der Waals surface area (Å²) in [6.07, 6.45) is 8.81. The van der Waals surface area contributed by atoms with Gasteiger partial charge in [0.15, 0.2) is 0 Å². The second-order valence-corrected chi connectivity index (χ2v) is 7.47. The number of carbonyl (C=O) groups excluding carboxylic acids is 1. The van der Waals surface area contributed by atoms with Crippen LogP contribution in [0.1, 0.15) is 55.3 Å². The standard InChI is InChI=1S/C19H23N3O2S/c23-18(22-12-4-7-16(22)13-5-2-1-3-6-13)15-10-8-14(9-11-15)17-20-21-19(25)24-17/h8-11,13,16H,1-7,12H2,(H,21,25)/t16-/m1/s1. The van der Waals surface area contributed by atoms with E-state index in [9.17, 15) is 4.79 Å². The number of carbonyl (C=O) groups is 1. The van der Waals surface area contributed by atoms with E-state index < -0.39 is 0 Å². The van der Waals surface area contributed by atoms with Gasteiger partial charge >= 0.3 is 0 Å². The topological polar surface area (TPSA) is 62.1 Å². The summed E-state index contributed by atoms with van der Waals surface area (Å²) in [7, 11) is 0. The van der Waals surface area contributed by atoms with Gasteiger partial charge in [0, 0.05) is 23.7 Å². The van der Waals surface area contributed by atoms with E-state index >= 15 is 0 Å². The Morgan fingerprint density at radius 2 is 1.88 bits per heavy atom. The molecule has 0 spiro atoms. The average Bonchev–Trinajstić information content (AvgIpc) is 3.31. The van der Waals surface area contributed by atoms with Crippen molar-refractivity contribution in [3.8, 4) is 11.5 Å². The highest BCUT2D eigenvalue weighted by Crippen LogP contribution is 2.35. The van der Waals surface area contributed by atoms with E-state index in [1.807, 2.05) is 24.3 Å². The first-order chi connectivity index (χ1) is 12.2. The Kier molecular flexibility index (Phi) is 4.70. The third-order valence-corrected chi connectivity index (χ3v) is 5.75. The Hall–Kier alpha value is -1.95. The lowest BCUT2D eigenvalue weighted by atomic mass is 9.83. The molecule has 25 heavy (non-hydrogen) atoms. The Labute approximate surface area is 152 Å². The molecule has 1 saturated carbocycles. The Bertz CT molecular complexity index is 790. The first-order valence-corrected chi connectivity index (χ1v) is 9.60. The predicted molar refractivity (Wildman–Crippen MR) is 97.8 cm³/mol. The minimum atomic E-state index is 0.155. The van der Waals surface area contributed by atoms with Crippen molar-refractivity contribution in [1.29, 1.82) is 0 Å². The van der Waals surface area contributed by atoms with Gasteiger partial charge in [-0.15, -0.1) is 5.10 Å². The van der Waals surface area contributed by atoms with Gasteiger partial charge in [-0.3, -0.25) is 4.79 Å². The summed E-state index contributed by atoms with van der Waals surface area (Å²) in [5.74, 6) is 1.29. The zero-order valence-electron chi connectivity index (χ0n) is 14.2. The number of rotatable bonds is 3. The van der Waals surface area contributed by atoms with Gasteiger partial charge < -0.3 is 9.32 Å². The van der Waals surface area contributed by atoms with Crippen LogP contribution in [0.4, 0.5) is 0 Å². The van der Waals surface area contributed by atoms with E-state index in [1.54, 1.807) is 0 Å². The fraction of sp³-hybridized carbons (Fsp3) is 0.526. The first-order valence-electron chi connectivity index (χ1n) is 9.19. The highest BCUT2D eigenvalue weighted by atomic mass is 32.1. The Morgan fingerprint density at radius 1 is 1.12 bits per heavy atom. The van der Waals surface area contributed by atoms with Crippen molar-refractivity contribution in [3.63, 3.8) is 0 Å². The predicted octanol–water partition coefficient (Wildman–Crippen LogP) is 4.58. The molecule has 1 aliphatic heterocycles. The van der Waals surface area contributed by atoms with Crippen molar-refractivity contribution < 1.29 is 9.21 Å². The SMILES string of the molecule is O=C(c1ccc(-c2n[nH]c(=S)o2)cc1)N1CCC[C@@H]1C1CCCCC1. The van der Waals surface area contributed by atoms with Crippen molar-refractivity contribution in [1.82, 2.24) is 15.1 Å². The van der Waals surface area contributed by atoms with Crippen LogP contribution < -0.4 is 0 Å². The maximum atomic E-state index is 13.0. The number of nitrogens with zero attached hydrogens (tertiary/aromatic N) is 2. The third kappa shape index (κ3) is 3.40. The maximum Gasteiger partial charge on any atom is 0.284 e. The van der Waals surface area contributed by atoms with Gasteiger partial charge in [0.25, 0.3) is 10.7 Å². The van der Waals surface area contributed by atoms with Crippen molar-refractivity contribution in [2.24, 2.45) is 5.92 Å². The Balaban J connectivity index is 1.50. The summed E-state index contributed by atoms with van der Waals surface area (Å²) >= 11 is 4.90. The van der Waals surface area contributed by atoms with Gasteiger partial charge in [-0.05, 0) is 68.1 Å². The normalized spacial score (nSPS) is 21.6. The lowest BCUT2D eigenvalue weighted by Gasteiger charge is -2.34. The monoisotopic (exact) mass is 357 g/mol. The largest absolute Gasteiger partial charge is 0.409 e. The van der Waals surface area contributed by atoms with Crippen LogP contribution in [0.2, 0.25) is 0 Å². The minimum Gasteiger partial charge on any atom is -0.409 e. The molecule has 4 rings (SSSR count). The summed E-state index contributed by atoms with van der Waals surface area (Å²) in [5, 5.41) is 6.63. The molecule has 5 nitrogen and oxygen atoms in total.